The molecule has 1 aliphatic carbocycles. The molecule has 182 valence electrons. The van der Waals surface area contributed by atoms with E-state index >= 15 is 0 Å². The first-order valence-electron chi connectivity index (χ1n) is 10.1. The highest BCUT2D eigenvalue weighted by atomic mass is 35.5. The number of esters is 1. The van der Waals surface area contributed by atoms with Gasteiger partial charge in [-0.15, -0.1) is 0 Å². The first-order valence-corrected chi connectivity index (χ1v) is 10.5. The van der Waals surface area contributed by atoms with E-state index in [9.17, 15) is 32.3 Å². The molecule has 1 aromatic rings. The zero-order valence-corrected chi connectivity index (χ0v) is 19.0. The number of benzene rings is 1. The molecule has 1 N–H and O–H groups in total. The highest BCUT2D eigenvalue weighted by molar-refractivity contribution is 6.31. The molecule has 0 aromatic heterocycles. The summed E-state index contributed by atoms with van der Waals surface area (Å²) < 4.78 is 46.9. The van der Waals surface area contributed by atoms with Gasteiger partial charge in [-0.05, 0) is 32.3 Å². The minimum atomic E-state index is -5.17. The Balaban J connectivity index is 2.12. The van der Waals surface area contributed by atoms with Crippen molar-refractivity contribution in [1.82, 2.24) is 10.2 Å². The third kappa shape index (κ3) is 5.95. The van der Waals surface area contributed by atoms with E-state index in [0.29, 0.717) is 29.8 Å². The summed E-state index contributed by atoms with van der Waals surface area (Å²) >= 11 is 6.33. The van der Waals surface area contributed by atoms with Gasteiger partial charge in [-0.25, -0.2) is 9.59 Å². The van der Waals surface area contributed by atoms with Crippen molar-refractivity contribution in [1.29, 1.82) is 0 Å². The summed E-state index contributed by atoms with van der Waals surface area (Å²) in [5.74, 6) is -3.78. The van der Waals surface area contributed by atoms with Gasteiger partial charge in [0.25, 0.3) is 0 Å². The Bertz CT molecular complexity index is 926. The summed E-state index contributed by atoms with van der Waals surface area (Å²) in [5, 5.41) is 1.74. The predicted molar refractivity (Wildman–Crippen MR) is 110 cm³/mol. The highest BCUT2D eigenvalue weighted by Crippen LogP contribution is 2.42. The van der Waals surface area contributed by atoms with Gasteiger partial charge < -0.3 is 14.8 Å². The molecule has 0 radical (unpaired) electrons. The van der Waals surface area contributed by atoms with E-state index in [0.717, 1.165) is 11.8 Å². The fourth-order valence-electron chi connectivity index (χ4n) is 3.63. The summed E-state index contributed by atoms with van der Waals surface area (Å²) in [6, 6.07) is 4.97. The van der Waals surface area contributed by atoms with Crippen LogP contribution in [0, 0.1) is 0 Å². The normalized spacial score (nSPS) is 20.4. The van der Waals surface area contributed by atoms with E-state index in [-0.39, 0.29) is 12.2 Å². The van der Waals surface area contributed by atoms with Crippen molar-refractivity contribution < 1.29 is 41.8 Å². The first-order chi connectivity index (χ1) is 15.3. The number of hydrogen-bond acceptors (Lipinski definition) is 6. The molecule has 0 heterocycles. The number of Topliss-reactive ketones (excluding diaryl/α,β-unsaturated/α-hetero) is 1. The minimum Gasteiger partial charge on any atom is -0.424 e. The van der Waals surface area contributed by atoms with Gasteiger partial charge in [0.2, 0.25) is 6.29 Å². The summed E-state index contributed by atoms with van der Waals surface area (Å²) in [7, 11) is 1.36. The molecule has 1 fully saturated rings. The number of likely N-dealkylation sites (N-methyl/N-ethyl adjacent to an activating group) is 1. The van der Waals surface area contributed by atoms with Gasteiger partial charge in [-0.2, -0.15) is 13.2 Å². The number of rotatable bonds is 6. The second kappa shape index (κ2) is 10.4. The summed E-state index contributed by atoms with van der Waals surface area (Å²) in [5.41, 5.74) is -0.949. The van der Waals surface area contributed by atoms with Crippen LogP contribution in [-0.2, 0) is 29.4 Å². The van der Waals surface area contributed by atoms with Gasteiger partial charge in [0.15, 0.2) is 5.78 Å². The number of halogens is 4. The lowest BCUT2D eigenvalue weighted by Gasteiger charge is -2.43. The number of alkyl halides is 3. The van der Waals surface area contributed by atoms with Gasteiger partial charge in [0.05, 0.1) is 0 Å². The maximum absolute atomic E-state index is 13.0. The molecule has 12 heteroatoms. The number of nitrogens with one attached hydrogen (secondary N) is 1. The Morgan fingerprint density at radius 2 is 1.79 bits per heavy atom. The largest absolute Gasteiger partial charge is 0.471 e. The van der Waals surface area contributed by atoms with Crippen molar-refractivity contribution in [2.75, 3.05) is 7.05 Å². The van der Waals surface area contributed by atoms with Crippen LogP contribution >= 0.6 is 11.6 Å². The smallest absolute Gasteiger partial charge is 0.424 e. The number of ketones is 1. The van der Waals surface area contributed by atoms with Crippen LogP contribution in [0.25, 0.3) is 0 Å². The molecule has 3 atom stereocenters. The van der Waals surface area contributed by atoms with Gasteiger partial charge >= 0.3 is 24.1 Å². The van der Waals surface area contributed by atoms with Crippen molar-refractivity contribution in [2.24, 2.45) is 0 Å². The molecular weight excluding hydrogens is 469 g/mol. The Morgan fingerprint density at radius 1 is 1.15 bits per heavy atom. The molecule has 1 unspecified atom stereocenters. The van der Waals surface area contributed by atoms with E-state index < -0.39 is 42.0 Å². The molecule has 0 bridgehead atoms. The first kappa shape index (κ1) is 26.4. The zero-order valence-electron chi connectivity index (χ0n) is 18.2. The van der Waals surface area contributed by atoms with Crippen LogP contribution in [0.15, 0.2) is 24.3 Å². The van der Waals surface area contributed by atoms with Crippen LogP contribution in [0.5, 0.6) is 0 Å². The molecular formula is C21H24ClF3N2O6. The van der Waals surface area contributed by atoms with Gasteiger partial charge in [-0.3, -0.25) is 14.5 Å². The topological polar surface area (TPSA) is 102 Å². The van der Waals surface area contributed by atoms with Crippen molar-refractivity contribution in [3.05, 3.63) is 34.9 Å². The van der Waals surface area contributed by atoms with Crippen LogP contribution in [0.2, 0.25) is 5.02 Å². The number of carbonyl (C=O) groups excluding carboxylic acids is 4. The second-order valence-corrected chi connectivity index (χ2v) is 8.02. The lowest BCUT2D eigenvalue weighted by atomic mass is 9.74. The summed E-state index contributed by atoms with van der Waals surface area (Å²) in [4.78, 5) is 49.9. The Hall–Kier alpha value is -2.82. The molecule has 0 aliphatic heterocycles. The van der Waals surface area contributed by atoms with Gasteiger partial charge in [-0.1, -0.05) is 29.8 Å². The van der Waals surface area contributed by atoms with E-state index in [4.69, 9.17) is 21.1 Å². The molecule has 0 saturated heterocycles. The lowest BCUT2D eigenvalue weighted by Crippen LogP contribution is -2.55. The quantitative estimate of drug-likeness (QED) is 0.480. The SMILES string of the molecule is CC(OC(=O)[C@H](C)NC(=O)C(F)(F)F)OC(=O)N(C)[C@]1(c2ccccc2Cl)CCCCC1=O. The average Bonchev–Trinajstić information content (AvgIpc) is 2.73. The molecule has 33 heavy (non-hydrogen) atoms. The molecule has 2 rings (SSSR count). The molecule has 8 nitrogen and oxygen atoms in total. The van der Waals surface area contributed by atoms with Crippen LogP contribution in [0.3, 0.4) is 0 Å². The monoisotopic (exact) mass is 492 g/mol. The second-order valence-electron chi connectivity index (χ2n) is 7.61. The number of amides is 2. The average molecular weight is 493 g/mol. The van der Waals surface area contributed by atoms with E-state index in [1.54, 1.807) is 24.3 Å². The maximum atomic E-state index is 13.0. The van der Waals surface area contributed by atoms with Crippen LogP contribution in [-0.4, -0.2) is 54.2 Å². The number of ether oxygens (including phenoxy) is 2. The standard InChI is InChI=1S/C21H24ClF3N2O6/c1-12(26-18(30)21(23,24)25)17(29)32-13(2)33-19(31)27(3)20(11-7-6-10-16(20)28)14-8-4-5-9-15(14)22/h4-5,8-9,12-13H,6-7,10-11H2,1-3H3,(H,26,30)/t12-,13?,20-/m0/s1. The van der Waals surface area contributed by atoms with Crippen LogP contribution in [0.4, 0.5) is 18.0 Å². The number of hydrogen-bond donors (Lipinski definition) is 1. The fraction of sp³-hybridized carbons (Fsp3) is 0.524. The maximum Gasteiger partial charge on any atom is 0.471 e. The lowest BCUT2D eigenvalue weighted by molar-refractivity contribution is -0.179. The molecule has 2 amide bonds. The molecule has 1 aliphatic rings. The number of carbonyl (C=O) groups is 4. The predicted octanol–water partition coefficient (Wildman–Crippen LogP) is 3.70. The van der Waals surface area contributed by atoms with Crippen molar-refractivity contribution in [2.45, 2.75) is 63.6 Å². The van der Waals surface area contributed by atoms with Crippen LogP contribution < -0.4 is 5.32 Å². The molecule has 1 saturated carbocycles. The Morgan fingerprint density at radius 3 is 2.36 bits per heavy atom. The number of nitrogens with zero attached hydrogens (tertiary/aromatic N) is 1. The molecule has 1 aromatic carbocycles. The third-order valence-electron chi connectivity index (χ3n) is 5.33. The van der Waals surface area contributed by atoms with Gasteiger partial charge in [0, 0.05) is 31.0 Å². The van der Waals surface area contributed by atoms with Crippen molar-refractivity contribution >= 4 is 35.4 Å². The van der Waals surface area contributed by atoms with E-state index in [1.165, 1.54) is 19.3 Å². The zero-order chi connectivity index (χ0) is 25.0. The minimum absolute atomic E-state index is 0.226. The summed E-state index contributed by atoms with van der Waals surface area (Å²) in [6.45, 7) is 2.16. The van der Waals surface area contributed by atoms with Crippen molar-refractivity contribution in [3.63, 3.8) is 0 Å². The third-order valence-corrected chi connectivity index (χ3v) is 5.66. The fourth-order valence-corrected chi connectivity index (χ4v) is 3.93. The Labute approximate surface area is 193 Å². The van der Waals surface area contributed by atoms with Crippen LogP contribution in [0.1, 0.15) is 45.1 Å². The van der Waals surface area contributed by atoms with E-state index in [2.05, 4.69) is 0 Å². The van der Waals surface area contributed by atoms with Crippen molar-refractivity contribution in [3.8, 4) is 0 Å². The van der Waals surface area contributed by atoms with Gasteiger partial charge in [0.1, 0.15) is 11.6 Å². The Kier molecular flexibility index (Phi) is 8.34. The highest BCUT2D eigenvalue weighted by Gasteiger charge is 2.49. The molecule has 0 spiro atoms. The summed E-state index contributed by atoms with van der Waals surface area (Å²) in [6.07, 6.45) is -5.86. The van der Waals surface area contributed by atoms with E-state index in [1.807, 2.05) is 0 Å².